The lowest BCUT2D eigenvalue weighted by Gasteiger charge is -2.37. The molecule has 11 nitrogen and oxygen atoms in total. The fourth-order valence-electron chi connectivity index (χ4n) is 4.11. The molecule has 1 aromatic carbocycles. The predicted octanol–water partition coefficient (Wildman–Crippen LogP) is 3.50. The number of aliphatic hydroxyl groups is 1. The molecule has 1 atom stereocenters. The molecule has 216 valence electrons. The Hall–Kier alpha value is -3.16. The Balaban J connectivity index is 0.00000420. The highest BCUT2D eigenvalue weighted by molar-refractivity contribution is 5.94. The van der Waals surface area contributed by atoms with E-state index >= 15 is 0 Å². The second-order valence-electron chi connectivity index (χ2n) is 9.68. The number of alkyl halides is 2. The number of carbonyl (C=O) groups excluding carboxylic acids is 2. The summed E-state index contributed by atoms with van der Waals surface area (Å²) >= 11 is 0. The van der Waals surface area contributed by atoms with Gasteiger partial charge in [0, 0.05) is 25.2 Å². The maximum atomic E-state index is 13.0. The number of ether oxygens (including phenoxy) is 3. The highest BCUT2D eigenvalue weighted by Gasteiger charge is 2.35. The molecular weight excluding hydrogens is 542 g/mol. The maximum Gasteiger partial charge on any atom is 0.409 e. The van der Waals surface area contributed by atoms with E-state index in [-0.39, 0.29) is 73.7 Å². The van der Waals surface area contributed by atoms with Gasteiger partial charge in [-0.3, -0.25) is 4.79 Å². The Morgan fingerprint density at radius 3 is 2.56 bits per heavy atom. The average molecular weight is 575 g/mol. The second-order valence-corrected chi connectivity index (χ2v) is 9.68. The molecule has 0 spiro atoms. The van der Waals surface area contributed by atoms with Crippen molar-refractivity contribution in [2.24, 2.45) is 11.7 Å². The largest absolute Gasteiger partial charge is 0.489 e. The predicted molar refractivity (Wildman–Crippen MR) is 137 cm³/mol. The molecule has 4 rings (SSSR count). The fourth-order valence-corrected chi connectivity index (χ4v) is 4.11. The van der Waals surface area contributed by atoms with E-state index in [4.69, 9.17) is 19.6 Å². The van der Waals surface area contributed by atoms with E-state index in [0.29, 0.717) is 18.1 Å². The average Bonchev–Trinajstić information content (AvgIpc) is 3.61. The number of nitrogens with zero attached hydrogens (tertiary/aromatic N) is 2. The van der Waals surface area contributed by atoms with Crippen LogP contribution in [-0.4, -0.2) is 72.6 Å². The summed E-state index contributed by atoms with van der Waals surface area (Å²) in [4.78, 5) is 30.5. The molecule has 2 aromatic rings. The zero-order valence-electron chi connectivity index (χ0n) is 21.7. The number of likely N-dealkylation sites (tertiary alicyclic amines) is 1. The van der Waals surface area contributed by atoms with Gasteiger partial charge in [-0.2, -0.15) is 8.78 Å². The lowest BCUT2D eigenvalue weighted by Crippen LogP contribution is -2.52. The van der Waals surface area contributed by atoms with Crippen LogP contribution in [-0.2, 0) is 4.74 Å². The first-order valence-corrected chi connectivity index (χ1v) is 12.4. The van der Waals surface area contributed by atoms with Crippen molar-refractivity contribution >= 4 is 24.4 Å². The summed E-state index contributed by atoms with van der Waals surface area (Å²) in [5, 5.41) is 13.6. The number of methoxy groups -OCH3 is 1. The van der Waals surface area contributed by atoms with Crippen LogP contribution in [0.4, 0.5) is 13.6 Å². The monoisotopic (exact) mass is 574 g/mol. The molecule has 2 aliphatic rings. The summed E-state index contributed by atoms with van der Waals surface area (Å²) in [6.07, 6.45) is 2.06. The van der Waals surface area contributed by atoms with Gasteiger partial charge in [-0.1, -0.05) is 0 Å². The third-order valence-corrected chi connectivity index (χ3v) is 6.57. The van der Waals surface area contributed by atoms with Gasteiger partial charge in [0.1, 0.15) is 0 Å². The number of piperidine rings is 1. The van der Waals surface area contributed by atoms with Gasteiger partial charge >= 0.3 is 12.7 Å². The van der Waals surface area contributed by atoms with E-state index in [0.717, 1.165) is 12.8 Å². The molecule has 0 radical (unpaired) electrons. The van der Waals surface area contributed by atoms with Crippen LogP contribution in [0.25, 0.3) is 11.5 Å². The number of hydrogen-bond donors (Lipinski definition) is 3. The van der Waals surface area contributed by atoms with Crippen LogP contribution >= 0.6 is 12.4 Å². The number of nitrogens with one attached hydrogen (secondary N) is 1. The first kappa shape index (κ1) is 30.4. The summed E-state index contributed by atoms with van der Waals surface area (Å²) in [6, 6.07) is 3.58. The molecule has 2 amide bonds. The van der Waals surface area contributed by atoms with Crippen LogP contribution in [0.15, 0.2) is 22.6 Å². The molecule has 2 heterocycles. The molecule has 14 heteroatoms. The molecule has 39 heavy (non-hydrogen) atoms. The minimum Gasteiger partial charge on any atom is -0.489 e. The zero-order chi connectivity index (χ0) is 27.4. The number of oxazole rings is 1. The number of carbonyl (C=O) groups is 2. The Morgan fingerprint density at radius 1 is 1.28 bits per heavy atom. The van der Waals surface area contributed by atoms with Gasteiger partial charge in [0.15, 0.2) is 23.0 Å². The van der Waals surface area contributed by atoms with Crippen molar-refractivity contribution in [3.05, 3.63) is 29.7 Å². The number of aromatic nitrogens is 1. The number of benzene rings is 1. The van der Waals surface area contributed by atoms with E-state index in [9.17, 15) is 23.5 Å². The molecule has 1 saturated carbocycles. The van der Waals surface area contributed by atoms with E-state index < -0.39 is 30.3 Å². The third-order valence-electron chi connectivity index (χ3n) is 6.57. The number of nitrogens with two attached hydrogens (primary N) is 1. The van der Waals surface area contributed by atoms with Crippen molar-refractivity contribution in [3.63, 3.8) is 0 Å². The fraction of sp³-hybridized carbons (Fsp3) is 0.560. The molecular formula is C25H33ClF2N4O7. The quantitative estimate of drug-likeness (QED) is 0.387. The van der Waals surface area contributed by atoms with Gasteiger partial charge in [0.25, 0.3) is 5.91 Å². The molecule has 1 aliphatic heterocycles. The van der Waals surface area contributed by atoms with Gasteiger partial charge < -0.3 is 39.7 Å². The molecule has 1 unspecified atom stereocenters. The van der Waals surface area contributed by atoms with Crippen LogP contribution < -0.4 is 20.5 Å². The summed E-state index contributed by atoms with van der Waals surface area (Å²) in [5.41, 5.74) is 5.13. The van der Waals surface area contributed by atoms with Gasteiger partial charge in [-0.15, -0.1) is 12.4 Å². The van der Waals surface area contributed by atoms with Gasteiger partial charge in [0.2, 0.25) is 5.89 Å². The van der Waals surface area contributed by atoms with Crippen molar-refractivity contribution in [1.82, 2.24) is 15.2 Å². The van der Waals surface area contributed by atoms with Gasteiger partial charge in [-0.25, -0.2) is 9.78 Å². The minimum atomic E-state index is -3.02. The topological polar surface area (TPSA) is 149 Å². The van der Waals surface area contributed by atoms with Crippen LogP contribution in [0.5, 0.6) is 11.5 Å². The number of hydrogen-bond acceptors (Lipinski definition) is 9. The van der Waals surface area contributed by atoms with Crippen molar-refractivity contribution in [2.45, 2.75) is 50.9 Å². The summed E-state index contributed by atoms with van der Waals surface area (Å²) in [7, 11) is 1.29. The molecule has 0 bridgehead atoms. The van der Waals surface area contributed by atoms with Gasteiger partial charge in [0.05, 0.1) is 25.4 Å². The van der Waals surface area contributed by atoms with Crippen LogP contribution in [0.2, 0.25) is 0 Å². The van der Waals surface area contributed by atoms with Crippen LogP contribution in [0.3, 0.4) is 0 Å². The summed E-state index contributed by atoms with van der Waals surface area (Å²) in [6.45, 7) is -0.522. The highest BCUT2D eigenvalue weighted by Crippen LogP contribution is 2.37. The molecule has 1 aromatic heterocycles. The maximum absolute atomic E-state index is 13.0. The summed E-state index contributed by atoms with van der Waals surface area (Å²) in [5.74, 6) is -0.0540. The van der Waals surface area contributed by atoms with E-state index in [2.05, 4.69) is 15.0 Å². The van der Waals surface area contributed by atoms with E-state index in [1.807, 2.05) is 0 Å². The normalized spacial score (nSPS) is 17.3. The Morgan fingerprint density at radius 2 is 1.97 bits per heavy atom. The lowest BCUT2D eigenvalue weighted by atomic mass is 9.91. The number of amides is 2. The van der Waals surface area contributed by atoms with Crippen molar-refractivity contribution in [1.29, 1.82) is 0 Å². The van der Waals surface area contributed by atoms with Crippen LogP contribution in [0, 0.1) is 5.92 Å². The minimum absolute atomic E-state index is 0. The first-order valence-electron chi connectivity index (χ1n) is 12.4. The molecule has 2 fully saturated rings. The Bertz CT molecular complexity index is 1150. The number of rotatable bonds is 10. The smallest absolute Gasteiger partial charge is 0.409 e. The van der Waals surface area contributed by atoms with Crippen molar-refractivity contribution in [3.8, 4) is 23.0 Å². The summed E-state index contributed by atoms with van der Waals surface area (Å²) < 4.78 is 46.5. The molecule has 4 N–H and O–H groups in total. The first-order chi connectivity index (χ1) is 18.1. The SMILES string of the molecule is COC(=O)N1CCC(O)(CNC(=O)c2nc(-c3ccc(OC(F)F)c(OCC4CC4)c3)oc2C(C)N)CC1.Cl. The van der Waals surface area contributed by atoms with E-state index in [1.165, 1.54) is 30.2 Å². The third kappa shape index (κ3) is 7.70. The van der Waals surface area contributed by atoms with Crippen molar-refractivity contribution < 1.29 is 42.1 Å². The van der Waals surface area contributed by atoms with Gasteiger partial charge in [-0.05, 0) is 56.7 Å². The van der Waals surface area contributed by atoms with Crippen LogP contribution in [0.1, 0.15) is 54.9 Å². The molecule has 1 saturated heterocycles. The van der Waals surface area contributed by atoms with E-state index in [1.54, 1.807) is 6.92 Å². The van der Waals surface area contributed by atoms with Crippen molar-refractivity contribution in [2.75, 3.05) is 33.4 Å². The Labute approximate surface area is 230 Å². The Kier molecular flexibility index (Phi) is 9.97. The standard InChI is InChI=1S/C25H32F2N4O7.ClH/c1-14(28)20-19(21(32)29-13-25(34)7-9-31(10-8-25)24(33)35-2)30-22(38-20)16-5-6-17(37-23(26)27)18(11-16)36-12-15-3-4-15;/h5-6,11,14-15,23,34H,3-4,7-10,12-13,28H2,1-2H3,(H,29,32);1H. The second kappa shape index (κ2) is 12.8. The highest BCUT2D eigenvalue weighted by atomic mass is 35.5. The molecule has 1 aliphatic carbocycles. The number of halogens is 3. The zero-order valence-corrected chi connectivity index (χ0v) is 22.5. The lowest BCUT2D eigenvalue weighted by molar-refractivity contribution is -0.0515.